The molecule has 3 aromatic carbocycles. The lowest BCUT2D eigenvalue weighted by Gasteiger charge is -2.12. The van der Waals surface area contributed by atoms with Crippen molar-refractivity contribution >= 4 is 17.6 Å². The van der Waals surface area contributed by atoms with Crippen LogP contribution in [0.2, 0.25) is 0 Å². The van der Waals surface area contributed by atoms with E-state index in [9.17, 15) is 14.0 Å². The van der Waals surface area contributed by atoms with Gasteiger partial charge in [-0.25, -0.2) is 9.18 Å². The van der Waals surface area contributed by atoms with Crippen molar-refractivity contribution in [2.24, 2.45) is 0 Å². The summed E-state index contributed by atoms with van der Waals surface area (Å²) in [4.78, 5) is 24.2. The molecule has 1 amide bonds. The first-order chi connectivity index (χ1) is 14.6. The number of rotatable bonds is 8. The molecule has 1 N–H and O–H groups in total. The number of hydrogen-bond donors (Lipinski definition) is 1. The van der Waals surface area contributed by atoms with Gasteiger partial charge in [-0.15, -0.1) is 0 Å². The van der Waals surface area contributed by atoms with Gasteiger partial charge in [0.2, 0.25) is 0 Å². The summed E-state index contributed by atoms with van der Waals surface area (Å²) >= 11 is 0. The number of methoxy groups -OCH3 is 1. The van der Waals surface area contributed by atoms with Crippen LogP contribution in [0, 0.1) is 5.82 Å². The second-order valence-corrected chi connectivity index (χ2v) is 6.24. The molecule has 154 valence electrons. The summed E-state index contributed by atoms with van der Waals surface area (Å²) in [7, 11) is 1.46. The fourth-order valence-corrected chi connectivity index (χ4v) is 2.61. The highest BCUT2D eigenvalue weighted by molar-refractivity contribution is 5.95. The Morgan fingerprint density at radius 1 is 0.933 bits per heavy atom. The van der Waals surface area contributed by atoms with Gasteiger partial charge in [-0.2, -0.15) is 0 Å². The molecule has 0 radical (unpaired) electrons. The highest BCUT2D eigenvalue weighted by Crippen LogP contribution is 2.29. The second-order valence-electron chi connectivity index (χ2n) is 6.24. The maximum absolute atomic E-state index is 13.6. The molecule has 0 fully saturated rings. The van der Waals surface area contributed by atoms with Crippen LogP contribution in [0.25, 0.3) is 0 Å². The van der Waals surface area contributed by atoms with Crippen LogP contribution in [0.3, 0.4) is 0 Å². The van der Waals surface area contributed by atoms with E-state index in [-0.39, 0.29) is 11.3 Å². The predicted molar refractivity (Wildman–Crippen MR) is 109 cm³/mol. The Morgan fingerprint density at radius 3 is 2.40 bits per heavy atom. The zero-order chi connectivity index (χ0) is 21.3. The lowest BCUT2D eigenvalue weighted by atomic mass is 10.2. The molecule has 0 saturated carbocycles. The van der Waals surface area contributed by atoms with E-state index in [1.54, 1.807) is 12.1 Å². The van der Waals surface area contributed by atoms with E-state index < -0.39 is 24.3 Å². The maximum Gasteiger partial charge on any atom is 0.338 e. The minimum absolute atomic E-state index is 0.0140. The van der Waals surface area contributed by atoms with Gasteiger partial charge in [0.05, 0.1) is 18.4 Å². The molecule has 0 atom stereocenters. The number of carbonyl (C=O) groups is 2. The first kappa shape index (κ1) is 20.9. The van der Waals surface area contributed by atoms with E-state index >= 15 is 0 Å². The Morgan fingerprint density at radius 2 is 1.67 bits per heavy atom. The normalized spacial score (nSPS) is 10.2. The molecule has 0 bridgehead atoms. The van der Waals surface area contributed by atoms with Gasteiger partial charge in [-0.05, 0) is 35.9 Å². The summed E-state index contributed by atoms with van der Waals surface area (Å²) in [5, 5.41) is 2.35. The van der Waals surface area contributed by atoms with E-state index in [1.165, 1.54) is 37.4 Å². The van der Waals surface area contributed by atoms with Gasteiger partial charge < -0.3 is 19.5 Å². The number of ether oxygens (including phenoxy) is 3. The summed E-state index contributed by atoms with van der Waals surface area (Å²) in [6.07, 6.45) is 0. The van der Waals surface area contributed by atoms with Gasteiger partial charge in [0.15, 0.2) is 18.1 Å². The van der Waals surface area contributed by atoms with E-state index in [1.807, 2.05) is 30.3 Å². The van der Waals surface area contributed by atoms with Crippen molar-refractivity contribution in [1.29, 1.82) is 0 Å². The van der Waals surface area contributed by atoms with Crippen LogP contribution in [0.4, 0.5) is 10.1 Å². The molecule has 3 aromatic rings. The minimum atomic E-state index is -0.716. The topological polar surface area (TPSA) is 73.9 Å². The average molecular weight is 409 g/mol. The third kappa shape index (κ3) is 5.57. The van der Waals surface area contributed by atoms with Gasteiger partial charge in [0.25, 0.3) is 5.91 Å². The van der Waals surface area contributed by atoms with Crippen molar-refractivity contribution in [1.82, 2.24) is 0 Å². The number of amides is 1. The van der Waals surface area contributed by atoms with Crippen LogP contribution in [-0.2, 0) is 16.1 Å². The van der Waals surface area contributed by atoms with Gasteiger partial charge in [0, 0.05) is 0 Å². The number of benzene rings is 3. The number of carbonyl (C=O) groups excluding carboxylic acids is 2. The lowest BCUT2D eigenvalue weighted by molar-refractivity contribution is -0.119. The molecule has 0 saturated heterocycles. The molecule has 0 aliphatic carbocycles. The molecular weight excluding hydrogens is 389 g/mol. The molecule has 0 aromatic heterocycles. The number of esters is 1. The molecule has 0 heterocycles. The van der Waals surface area contributed by atoms with E-state index in [4.69, 9.17) is 14.2 Å². The Kier molecular flexibility index (Phi) is 7.00. The molecule has 3 rings (SSSR count). The van der Waals surface area contributed by atoms with Crippen LogP contribution < -0.4 is 14.8 Å². The first-order valence-corrected chi connectivity index (χ1v) is 9.13. The standard InChI is InChI=1S/C23H20FNO5/c1-28-21-13-17(11-12-20(21)29-14-16-7-3-2-4-8-16)23(27)30-15-22(26)25-19-10-6-5-9-18(19)24/h2-13H,14-15H2,1H3,(H,25,26). The first-order valence-electron chi connectivity index (χ1n) is 9.13. The smallest absolute Gasteiger partial charge is 0.338 e. The summed E-state index contributed by atoms with van der Waals surface area (Å²) in [5.74, 6) is -1.12. The third-order valence-corrected chi connectivity index (χ3v) is 4.12. The van der Waals surface area contributed by atoms with E-state index in [0.717, 1.165) is 5.56 Å². The van der Waals surface area contributed by atoms with Crippen LogP contribution in [0.5, 0.6) is 11.5 Å². The fraction of sp³-hybridized carbons (Fsp3) is 0.130. The SMILES string of the molecule is COc1cc(C(=O)OCC(=O)Nc2ccccc2F)ccc1OCc1ccccc1. The van der Waals surface area contributed by atoms with Gasteiger partial charge in [0.1, 0.15) is 12.4 Å². The van der Waals surface area contributed by atoms with Crippen molar-refractivity contribution in [3.05, 3.63) is 89.7 Å². The number of halogens is 1. The number of nitrogens with one attached hydrogen (secondary N) is 1. The molecule has 0 spiro atoms. The number of anilines is 1. The minimum Gasteiger partial charge on any atom is -0.493 e. The summed E-state index contributed by atoms with van der Waals surface area (Å²) in [6, 6.07) is 19.9. The number of hydrogen-bond acceptors (Lipinski definition) is 5. The molecule has 30 heavy (non-hydrogen) atoms. The van der Waals surface area contributed by atoms with Crippen molar-refractivity contribution in [2.45, 2.75) is 6.61 Å². The average Bonchev–Trinajstić information content (AvgIpc) is 2.78. The molecule has 7 heteroatoms. The predicted octanol–water partition coefficient (Wildman–Crippen LogP) is 4.21. The van der Waals surface area contributed by atoms with E-state index in [0.29, 0.717) is 18.1 Å². The molecule has 0 aliphatic heterocycles. The van der Waals surface area contributed by atoms with Crippen LogP contribution in [0.1, 0.15) is 15.9 Å². The summed E-state index contributed by atoms with van der Waals surface area (Å²) in [5.41, 5.74) is 1.20. The van der Waals surface area contributed by atoms with Gasteiger partial charge >= 0.3 is 5.97 Å². The largest absolute Gasteiger partial charge is 0.493 e. The Bertz CT molecular complexity index is 1020. The highest BCUT2D eigenvalue weighted by Gasteiger charge is 2.15. The Hall–Kier alpha value is -3.87. The van der Waals surface area contributed by atoms with Gasteiger partial charge in [-0.3, -0.25) is 4.79 Å². The summed E-state index contributed by atoms with van der Waals surface area (Å²) < 4.78 is 29.6. The molecule has 0 aliphatic rings. The van der Waals surface area contributed by atoms with Crippen molar-refractivity contribution in [2.75, 3.05) is 19.0 Å². The van der Waals surface area contributed by atoms with Crippen molar-refractivity contribution < 1.29 is 28.2 Å². The fourth-order valence-electron chi connectivity index (χ4n) is 2.61. The van der Waals surface area contributed by atoms with Gasteiger partial charge in [-0.1, -0.05) is 42.5 Å². The van der Waals surface area contributed by atoms with Crippen LogP contribution >= 0.6 is 0 Å². The highest BCUT2D eigenvalue weighted by atomic mass is 19.1. The maximum atomic E-state index is 13.6. The number of para-hydroxylation sites is 1. The van der Waals surface area contributed by atoms with Crippen LogP contribution in [0.15, 0.2) is 72.8 Å². The molecular formula is C23H20FNO5. The zero-order valence-corrected chi connectivity index (χ0v) is 16.3. The quantitative estimate of drug-likeness (QED) is 0.564. The van der Waals surface area contributed by atoms with E-state index in [2.05, 4.69) is 5.32 Å². The Labute approximate surface area is 173 Å². The lowest BCUT2D eigenvalue weighted by Crippen LogP contribution is -2.21. The summed E-state index contributed by atoms with van der Waals surface area (Å²) in [6.45, 7) is -0.209. The molecule has 0 unspecified atom stereocenters. The zero-order valence-electron chi connectivity index (χ0n) is 16.3. The van der Waals surface area contributed by atoms with Crippen molar-refractivity contribution in [3.63, 3.8) is 0 Å². The monoisotopic (exact) mass is 409 g/mol. The van der Waals surface area contributed by atoms with Crippen LogP contribution in [-0.4, -0.2) is 25.6 Å². The van der Waals surface area contributed by atoms with Crippen molar-refractivity contribution in [3.8, 4) is 11.5 Å². The third-order valence-electron chi connectivity index (χ3n) is 4.12. The Balaban J connectivity index is 1.57. The molecule has 6 nitrogen and oxygen atoms in total. The second kappa shape index (κ2) is 10.1.